The van der Waals surface area contributed by atoms with Crippen LogP contribution in [0.1, 0.15) is 18.4 Å². The van der Waals surface area contributed by atoms with Crippen LogP contribution in [-0.2, 0) is 6.54 Å². The van der Waals surface area contributed by atoms with E-state index in [9.17, 15) is 0 Å². The minimum Gasteiger partial charge on any atom is -0.399 e. The molecule has 1 aliphatic heterocycles. The van der Waals surface area contributed by atoms with Crippen molar-refractivity contribution in [1.82, 2.24) is 4.90 Å². The number of nitrogens with two attached hydrogens (primary N) is 2. The van der Waals surface area contributed by atoms with Gasteiger partial charge in [0.2, 0.25) is 0 Å². The lowest BCUT2D eigenvalue weighted by molar-refractivity contribution is 0.332. The SMILES string of the molecule is Cl.Cl.Nc1ccc(N)c(-c2cscc2CN2CCCC2)c1. The molecule has 2 heterocycles. The zero-order valence-electron chi connectivity index (χ0n) is 11.7. The van der Waals surface area contributed by atoms with Gasteiger partial charge in [-0.15, -0.1) is 24.8 Å². The molecule has 0 spiro atoms. The summed E-state index contributed by atoms with van der Waals surface area (Å²) in [5.41, 5.74) is 17.2. The van der Waals surface area contributed by atoms with Crippen molar-refractivity contribution in [3.8, 4) is 11.1 Å². The van der Waals surface area contributed by atoms with Gasteiger partial charge in [-0.05, 0) is 66.0 Å². The number of anilines is 2. The Hall–Kier alpha value is -0.940. The molecule has 3 nitrogen and oxygen atoms in total. The summed E-state index contributed by atoms with van der Waals surface area (Å²) in [5, 5.41) is 4.41. The van der Waals surface area contributed by atoms with E-state index in [2.05, 4.69) is 15.7 Å². The largest absolute Gasteiger partial charge is 0.399 e. The fourth-order valence-corrected chi connectivity index (χ4v) is 3.52. The molecule has 6 heteroatoms. The molecule has 0 aliphatic carbocycles. The Balaban J connectivity index is 0.00000110. The van der Waals surface area contributed by atoms with Crippen molar-refractivity contribution in [2.24, 2.45) is 0 Å². The van der Waals surface area contributed by atoms with Crippen molar-refractivity contribution in [2.75, 3.05) is 24.6 Å². The lowest BCUT2D eigenvalue weighted by Crippen LogP contribution is -2.18. The molecule has 1 aliphatic rings. The summed E-state index contributed by atoms with van der Waals surface area (Å²) < 4.78 is 0. The van der Waals surface area contributed by atoms with Crippen LogP contribution in [-0.4, -0.2) is 18.0 Å². The second-order valence-electron chi connectivity index (χ2n) is 5.14. The van der Waals surface area contributed by atoms with E-state index in [-0.39, 0.29) is 24.8 Å². The maximum atomic E-state index is 6.09. The average Bonchev–Trinajstić information content (AvgIpc) is 3.04. The molecule has 1 fully saturated rings. The molecule has 3 rings (SSSR count). The third kappa shape index (κ3) is 4.04. The van der Waals surface area contributed by atoms with Crippen molar-refractivity contribution in [3.63, 3.8) is 0 Å². The summed E-state index contributed by atoms with van der Waals surface area (Å²) in [4.78, 5) is 2.51. The van der Waals surface area contributed by atoms with Gasteiger partial charge in [0, 0.05) is 23.5 Å². The number of hydrogen-bond donors (Lipinski definition) is 2. The van der Waals surface area contributed by atoms with E-state index < -0.39 is 0 Å². The molecule has 1 aromatic heterocycles. The fourth-order valence-electron chi connectivity index (χ4n) is 2.67. The number of hydrogen-bond acceptors (Lipinski definition) is 4. The van der Waals surface area contributed by atoms with Crippen LogP contribution in [0.3, 0.4) is 0 Å². The summed E-state index contributed by atoms with van der Waals surface area (Å²) in [6.07, 6.45) is 2.64. The smallest absolute Gasteiger partial charge is 0.0395 e. The summed E-state index contributed by atoms with van der Waals surface area (Å²) in [6, 6.07) is 5.72. The maximum Gasteiger partial charge on any atom is 0.0395 e. The Morgan fingerprint density at radius 1 is 1.00 bits per heavy atom. The monoisotopic (exact) mass is 345 g/mol. The first-order chi connectivity index (χ1) is 9.24. The average molecular weight is 346 g/mol. The van der Waals surface area contributed by atoms with E-state index in [4.69, 9.17) is 11.5 Å². The molecule has 0 saturated carbocycles. The lowest BCUT2D eigenvalue weighted by atomic mass is 10.0. The lowest BCUT2D eigenvalue weighted by Gasteiger charge is -2.15. The molecule has 0 atom stereocenters. The second kappa shape index (κ2) is 7.90. The number of benzene rings is 1. The molecular weight excluding hydrogens is 325 g/mol. The van der Waals surface area contributed by atoms with Crippen LogP contribution in [0.4, 0.5) is 11.4 Å². The van der Waals surface area contributed by atoms with Gasteiger partial charge >= 0.3 is 0 Å². The van der Waals surface area contributed by atoms with Gasteiger partial charge in [-0.2, -0.15) is 11.3 Å². The van der Waals surface area contributed by atoms with Gasteiger partial charge in [0.15, 0.2) is 0 Å². The van der Waals surface area contributed by atoms with Gasteiger partial charge in [-0.25, -0.2) is 0 Å². The third-order valence-electron chi connectivity index (χ3n) is 3.70. The van der Waals surface area contributed by atoms with Crippen molar-refractivity contribution >= 4 is 47.5 Å². The highest BCUT2D eigenvalue weighted by Gasteiger charge is 2.16. The number of nitrogens with zero attached hydrogens (tertiary/aromatic N) is 1. The Bertz CT molecular complexity index is 580. The van der Waals surface area contributed by atoms with E-state index in [0.717, 1.165) is 23.5 Å². The number of rotatable bonds is 3. The van der Waals surface area contributed by atoms with Gasteiger partial charge in [0.25, 0.3) is 0 Å². The van der Waals surface area contributed by atoms with Crippen molar-refractivity contribution in [2.45, 2.75) is 19.4 Å². The van der Waals surface area contributed by atoms with Crippen LogP contribution < -0.4 is 11.5 Å². The van der Waals surface area contributed by atoms with Crippen LogP contribution in [0.2, 0.25) is 0 Å². The molecule has 4 N–H and O–H groups in total. The number of likely N-dealkylation sites (tertiary alicyclic amines) is 1. The van der Waals surface area contributed by atoms with Gasteiger partial charge in [-0.1, -0.05) is 0 Å². The first-order valence-corrected chi connectivity index (χ1v) is 7.61. The molecule has 0 bridgehead atoms. The third-order valence-corrected chi connectivity index (χ3v) is 4.49. The Morgan fingerprint density at radius 3 is 2.43 bits per heavy atom. The van der Waals surface area contributed by atoms with Crippen LogP contribution in [0, 0.1) is 0 Å². The van der Waals surface area contributed by atoms with E-state index in [1.807, 2.05) is 18.2 Å². The predicted octanol–water partition coefficient (Wildman–Crippen LogP) is 4.02. The first kappa shape index (κ1) is 18.1. The quantitative estimate of drug-likeness (QED) is 0.826. The minimum absolute atomic E-state index is 0. The molecule has 1 saturated heterocycles. The number of halogens is 2. The van der Waals surface area contributed by atoms with E-state index in [0.29, 0.717) is 0 Å². The maximum absolute atomic E-state index is 6.09. The van der Waals surface area contributed by atoms with Crippen LogP contribution in [0.5, 0.6) is 0 Å². The second-order valence-corrected chi connectivity index (χ2v) is 5.88. The van der Waals surface area contributed by atoms with E-state index in [1.54, 1.807) is 11.3 Å². The molecule has 1 aromatic carbocycles. The van der Waals surface area contributed by atoms with E-state index >= 15 is 0 Å². The molecule has 0 amide bonds. The van der Waals surface area contributed by atoms with Crippen molar-refractivity contribution in [3.05, 3.63) is 34.5 Å². The number of nitrogen functional groups attached to an aromatic ring is 2. The first-order valence-electron chi connectivity index (χ1n) is 6.67. The molecular formula is C15H21Cl2N3S. The van der Waals surface area contributed by atoms with Crippen molar-refractivity contribution in [1.29, 1.82) is 0 Å². The predicted molar refractivity (Wildman–Crippen MR) is 97.6 cm³/mol. The molecule has 21 heavy (non-hydrogen) atoms. The summed E-state index contributed by atoms with van der Waals surface area (Å²) in [7, 11) is 0. The Morgan fingerprint density at radius 2 is 1.71 bits per heavy atom. The topological polar surface area (TPSA) is 55.3 Å². The van der Waals surface area contributed by atoms with Gasteiger partial charge < -0.3 is 11.5 Å². The molecule has 116 valence electrons. The molecule has 0 unspecified atom stereocenters. The number of thiophene rings is 1. The standard InChI is InChI=1S/C15H19N3S.2ClH/c16-12-3-4-15(17)13(7-12)14-10-19-9-11(14)8-18-5-1-2-6-18;;/h3-4,7,9-10H,1-2,5-6,8,16-17H2;2*1H. The zero-order valence-corrected chi connectivity index (χ0v) is 14.2. The molecule has 0 radical (unpaired) electrons. The van der Waals surface area contributed by atoms with Gasteiger partial charge in [-0.3, -0.25) is 4.90 Å². The van der Waals surface area contributed by atoms with Crippen LogP contribution in [0.15, 0.2) is 29.0 Å². The van der Waals surface area contributed by atoms with Crippen LogP contribution in [0.25, 0.3) is 11.1 Å². The van der Waals surface area contributed by atoms with Gasteiger partial charge in [0.05, 0.1) is 0 Å². The summed E-state index contributed by atoms with van der Waals surface area (Å²) in [5.74, 6) is 0. The molecule has 2 aromatic rings. The highest BCUT2D eigenvalue weighted by molar-refractivity contribution is 7.08. The van der Waals surface area contributed by atoms with Crippen molar-refractivity contribution < 1.29 is 0 Å². The van der Waals surface area contributed by atoms with Crippen LogP contribution >= 0.6 is 36.2 Å². The Labute approximate surface area is 142 Å². The summed E-state index contributed by atoms with van der Waals surface area (Å²) in [6.45, 7) is 3.44. The highest BCUT2D eigenvalue weighted by Crippen LogP contribution is 2.34. The fraction of sp³-hybridized carbons (Fsp3) is 0.333. The highest BCUT2D eigenvalue weighted by atomic mass is 35.5. The summed E-state index contributed by atoms with van der Waals surface area (Å²) >= 11 is 1.74. The minimum atomic E-state index is 0. The van der Waals surface area contributed by atoms with Gasteiger partial charge in [0.1, 0.15) is 0 Å². The normalized spacial score (nSPS) is 14.5. The zero-order chi connectivity index (χ0) is 13.2. The Kier molecular flexibility index (Phi) is 6.81. The van der Waals surface area contributed by atoms with E-state index in [1.165, 1.54) is 37.1 Å².